The summed E-state index contributed by atoms with van der Waals surface area (Å²) in [5, 5.41) is 29.2. The lowest BCUT2D eigenvalue weighted by atomic mass is 10.2. The maximum atomic E-state index is 12.6. The van der Waals surface area contributed by atoms with Gasteiger partial charge < -0.3 is 15.1 Å². The van der Waals surface area contributed by atoms with Gasteiger partial charge in [0.05, 0.1) is 16.1 Å². The molecule has 0 fully saturated rings. The second-order valence-corrected chi connectivity index (χ2v) is 5.46. The quantitative estimate of drug-likeness (QED) is 0.321. The maximum absolute atomic E-state index is 12.6. The maximum Gasteiger partial charge on any atom is 0.314 e. The first-order chi connectivity index (χ1) is 12.1. The summed E-state index contributed by atoms with van der Waals surface area (Å²) in [6.07, 6.45) is 2.58. The number of nitrogens with zero attached hydrogens (tertiary/aromatic N) is 4. The second-order valence-electron chi connectivity index (χ2n) is 5.46. The molecule has 7 heteroatoms. The van der Waals surface area contributed by atoms with Gasteiger partial charge in [0.1, 0.15) is 10.7 Å². The van der Waals surface area contributed by atoms with Crippen LogP contribution in [0.3, 0.4) is 0 Å². The van der Waals surface area contributed by atoms with E-state index in [4.69, 9.17) is 0 Å². The van der Waals surface area contributed by atoms with E-state index in [2.05, 4.69) is 5.10 Å². The summed E-state index contributed by atoms with van der Waals surface area (Å²) in [7, 11) is 0. The molecule has 0 aliphatic carbocycles. The van der Waals surface area contributed by atoms with Crippen LogP contribution in [-0.2, 0) is 0 Å². The van der Waals surface area contributed by atoms with Gasteiger partial charge in [-0.1, -0.05) is 30.3 Å². The summed E-state index contributed by atoms with van der Waals surface area (Å²) in [5.41, 5.74) is 1.06. The fraction of sp³-hybridized carbons (Fsp3) is 0. The molecule has 0 saturated heterocycles. The summed E-state index contributed by atoms with van der Waals surface area (Å²) in [4.78, 5) is 13.1. The summed E-state index contributed by atoms with van der Waals surface area (Å²) in [6.45, 7) is 0. The molecule has 4 rings (SSSR count). The molecule has 0 unspecified atom stereocenters. The fourth-order valence-corrected chi connectivity index (χ4v) is 2.79. The van der Waals surface area contributed by atoms with Crippen LogP contribution < -0.4 is 10.1 Å². The molecule has 0 spiro atoms. The number of rotatable bonds is 2. The van der Waals surface area contributed by atoms with Gasteiger partial charge in [0.2, 0.25) is 5.52 Å². The van der Waals surface area contributed by atoms with Crippen molar-refractivity contribution in [2.24, 2.45) is 5.10 Å². The fourth-order valence-electron chi connectivity index (χ4n) is 2.79. The van der Waals surface area contributed by atoms with Gasteiger partial charge >= 0.3 is 5.69 Å². The van der Waals surface area contributed by atoms with Gasteiger partial charge in [-0.25, -0.2) is 0 Å². The van der Waals surface area contributed by atoms with Crippen molar-refractivity contribution in [1.29, 1.82) is 0 Å². The molecule has 25 heavy (non-hydrogen) atoms. The Morgan fingerprint density at radius 1 is 0.960 bits per heavy atom. The van der Waals surface area contributed by atoms with Crippen molar-refractivity contribution in [3.63, 3.8) is 0 Å². The van der Waals surface area contributed by atoms with Gasteiger partial charge in [-0.3, -0.25) is 0 Å². The number of hydrogen-bond donors (Lipinski definition) is 0. The van der Waals surface area contributed by atoms with E-state index in [1.54, 1.807) is 48.5 Å². The lowest BCUT2D eigenvalue weighted by Crippen LogP contribution is -2.26. The van der Waals surface area contributed by atoms with Crippen molar-refractivity contribution in [3.05, 3.63) is 93.7 Å². The van der Waals surface area contributed by atoms with Gasteiger partial charge in [0.15, 0.2) is 11.1 Å². The van der Waals surface area contributed by atoms with Crippen LogP contribution in [0.15, 0.2) is 78.2 Å². The zero-order valence-electron chi connectivity index (χ0n) is 12.9. The molecular weight excluding hydrogens is 320 g/mol. The van der Waals surface area contributed by atoms with E-state index in [1.165, 1.54) is 24.5 Å². The number of para-hydroxylation sites is 2. The number of hydrogen-bond acceptors (Lipinski definition) is 3. The summed E-state index contributed by atoms with van der Waals surface area (Å²) in [6, 6.07) is 16.6. The summed E-state index contributed by atoms with van der Waals surface area (Å²) < 4.78 is 1.42. The SMILES string of the molecule is O=[N+](N=c1ccn([O-])c2ccccc12)c1cc[n+]([O-])c2ccccc12. The van der Waals surface area contributed by atoms with Crippen molar-refractivity contribution >= 4 is 27.5 Å². The minimum absolute atomic E-state index is 0.255. The predicted molar refractivity (Wildman–Crippen MR) is 92.5 cm³/mol. The van der Waals surface area contributed by atoms with Crippen LogP contribution in [0.5, 0.6) is 0 Å². The lowest BCUT2D eigenvalue weighted by Gasteiger charge is -2.13. The summed E-state index contributed by atoms with van der Waals surface area (Å²) in [5.74, 6) is 0. The van der Waals surface area contributed by atoms with E-state index in [9.17, 15) is 15.3 Å². The van der Waals surface area contributed by atoms with Crippen molar-refractivity contribution in [2.45, 2.75) is 0 Å². The van der Waals surface area contributed by atoms with Gasteiger partial charge in [0.25, 0.3) is 0 Å². The van der Waals surface area contributed by atoms with Gasteiger partial charge in [0, 0.05) is 23.2 Å². The largest absolute Gasteiger partial charge is 0.806 e. The molecule has 0 amide bonds. The third-order valence-electron chi connectivity index (χ3n) is 3.98. The Balaban J connectivity index is 1.94. The van der Waals surface area contributed by atoms with E-state index in [0.717, 1.165) is 4.73 Å². The number of nitroso groups, excluding NO2 is 1. The zero-order chi connectivity index (χ0) is 17.4. The Kier molecular flexibility index (Phi) is 3.39. The van der Waals surface area contributed by atoms with E-state index in [-0.39, 0.29) is 5.69 Å². The first-order valence-electron chi connectivity index (χ1n) is 7.56. The number of fused-ring (bicyclic) bond motifs is 2. The van der Waals surface area contributed by atoms with E-state index >= 15 is 0 Å². The number of pyridine rings is 2. The molecule has 0 aliphatic heterocycles. The summed E-state index contributed by atoms with van der Waals surface area (Å²) >= 11 is 0. The highest BCUT2D eigenvalue weighted by Crippen LogP contribution is 2.22. The Hall–Kier alpha value is -3.74. The van der Waals surface area contributed by atoms with Crippen LogP contribution in [0.2, 0.25) is 0 Å². The minimum Gasteiger partial charge on any atom is -0.806 e. The van der Waals surface area contributed by atoms with Crippen LogP contribution in [0.1, 0.15) is 0 Å². The Morgan fingerprint density at radius 3 is 2.52 bits per heavy atom. The van der Waals surface area contributed by atoms with Gasteiger partial charge in [-0.15, -0.1) is 0 Å². The van der Waals surface area contributed by atoms with Gasteiger partial charge in [-0.05, 0) is 18.2 Å². The molecule has 0 N–H and O–H groups in total. The van der Waals surface area contributed by atoms with Crippen LogP contribution in [-0.4, -0.2) is 9.60 Å². The highest BCUT2D eigenvalue weighted by molar-refractivity contribution is 5.85. The van der Waals surface area contributed by atoms with Crippen molar-refractivity contribution in [3.8, 4) is 0 Å². The normalized spacial score (nSPS) is 11.9. The molecule has 122 valence electrons. The smallest absolute Gasteiger partial charge is 0.314 e. The van der Waals surface area contributed by atoms with Crippen molar-refractivity contribution in [2.75, 3.05) is 0 Å². The van der Waals surface area contributed by atoms with Crippen molar-refractivity contribution < 1.29 is 9.60 Å². The monoisotopic (exact) mass is 332 g/mol. The molecule has 2 heterocycles. The molecule has 0 bridgehead atoms. The molecule has 2 aromatic carbocycles. The Labute approximate surface area is 141 Å². The van der Waals surface area contributed by atoms with E-state index in [1.807, 2.05) is 0 Å². The lowest BCUT2D eigenvalue weighted by molar-refractivity contribution is -0.578. The van der Waals surface area contributed by atoms with Crippen LogP contribution in [0.25, 0.3) is 21.8 Å². The van der Waals surface area contributed by atoms with Crippen LogP contribution in [0, 0.1) is 15.3 Å². The molecule has 0 saturated carbocycles. The number of benzene rings is 2. The molecule has 4 aromatic rings. The second kappa shape index (κ2) is 5.72. The van der Waals surface area contributed by atoms with Gasteiger partial charge in [-0.2, -0.15) is 4.73 Å². The molecule has 0 radical (unpaired) electrons. The molecule has 7 nitrogen and oxygen atoms in total. The standard InChI is InChI=1S/C18H12N4O3/c23-20-11-9-15(13-5-1-3-7-16(13)20)19-22(25)18-10-12-21(24)17-8-4-2-6-14(17)18/h1-12H. The predicted octanol–water partition coefficient (Wildman–Crippen LogP) is 2.70. The first kappa shape index (κ1) is 14.8. The zero-order valence-corrected chi connectivity index (χ0v) is 12.9. The van der Waals surface area contributed by atoms with E-state index < -0.39 is 0 Å². The van der Waals surface area contributed by atoms with Crippen molar-refractivity contribution in [1.82, 2.24) is 4.73 Å². The highest BCUT2D eigenvalue weighted by atomic mass is 16.5. The topological polar surface area (TPSA) is 87.4 Å². The molecule has 0 aliphatic rings. The van der Waals surface area contributed by atoms with E-state index in [0.29, 0.717) is 36.8 Å². The molecular formula is C18H12N4O3. The Bertz CT molecular complexity index is 1200. The third-order valence-corrected chi connectivity index (χ3v) is 3.98. The number of aromatic nitrogens is 2. The highest BCUT2D eigenvalue weighted by Gasteiger charge is 2.21. The molecule has 2 aromatic heterocycles. The third kappa shape index (κ3) is 2.47. The average Bonchev–Trinajstić information content (AvgIpc) is 2.65. The van der Waals surface area contributed by atoms with Crippen LogP contribution in [0.4, 0.5) is 5.69 Å². The average molecular weight is 332 g/mol. The minimum atomic E-state index is 0.255. The Morgan fingerprint density at radius 2 is 1.68 bits per heavy atom. The molecule has 0 atom stereocenters. The van der Waals surface area contributed by atoms with Crippen LogP contribution >= 0.6 is 0 Å². The first-order valence-corrected chi connectivity index (χ1v) is 7.56.